The number of esters is 1. The van der Waals surface area contributed by atoms with Crippen LogP contribution in [0.3, 0.4) is 0 Å². The molecule has 0 radical (unpaired) electrons. The van der Waals surface area contributed by atoms with Gasteiger partial charge in [-0.2, -0.15) is 0 Å². The number of aliphatic hydroxyl groups is 1. The van der Waals surface area contributed by atoms with Crippen LogP contribution in [0.5, 0.6) is 5.75 Å². The van der Waals surface area contributed by atoms with E-state index in [1.165, 1.54) is 0 Å². The van der Waals surface area contributed by atoms with Crippen molar-refractivity contribution < 1.29 is 19.4 Å². The Labute approximate surface area is 112 Å². The number of carbonyl (C=O) groups excluding carboxylic acids is 1. The number of fused-ring (bicyclic) bond motifs is 1. The number of carbonyl (C=O) groups is 1. The summed E-state index contributed by atoms with van der Waals surface area (Å²) in [5, 5.41) is 10.5. The fourth-order valence-corrected chi connectivity index (χ4v) is 3.16. The molecule has 1 aliphatic heterocycles. The Bertz CT molecular complexity index is 481. The van der Waals surface area contributed by atoms with Gasteiger partial charge < -0.3 is 14.6 Å². The first-order valence-corrected chi connectivity index (χ1v) is 6.71. The predicted molar refractivity (Wildman–Crippen MR) is 68.6 cm³/mol. The molecule has 1 N–H and O–H groups in total. The molecule has 0 amide bonds. The molecular weight excluding hydrogens is 244 g/mol. The lowest BCUT2D eigenvalue weighted by molar-refractivity contribution is -0.218. The van der Waals surface area contributed by atoms with E-state index in [9.17, 15) is 9.90 Å². The molecule has 1 saturated carbocycles. The summed E-state index contributed by atoms with van der Waals surface area (Å²) in [5.74, 6) is -1.17. The number of ether oxygens (including phenoxy) is 2. The summed E-state index contributed by atoms with van der Waals surface area (Å²) < 4.78 is 10.8. The lowest BCUT2D eigenvalue weighted by Crippen LogP contribution is -2.47. The van der Waals surface area contributed by atoms with Gasteiger partial charge in [0.25, 0.3) is 0 Å². The lowest BCUT2D eigenvalue weighted by atomic mass is 9.80. The van der Waals surface area contributed by atoms with Crippen LogP contribution in [0, 0.1) is 12.3 Å². The number of rotatable bonds is 2. The van der Waals surface area contributed by atoms with Gasteiger partial charge in [0.1, 0.15) is 11.2 Å². The van der Waals surface area contributed by atoms with Gasteiger partial charge in [-0.1, -0.05) is 17.7 Å². The Balaban J connectivity index is 1.82. The second-order valence-corrected chi connectivity index (χ2v) is 5.52. The smallest absolute Gasteiger partial charge is 0.323 e. The molecule has 3 rings (SSSR count). The highest BCUT2D eigenvalue weighted by molar-refractivity contribution is 5.81. The summed E-state index contributed by atoms with van der Waals surface area (Å²) in [6.07, 6.45) is 2.47. The van der Waals surface area contributed by atoms with Crippen molar-refractivity contribution in [2.24, 2.45) is 5.41 Å². The first kappa shape index (κ1) is 12.6. The van der Waals surface area contributed by atoms with E-state index >= 15 is 0 Å². The Kier molecular flexibility index (Phi) is 2.87. The van der Waals surface area contributed by atoms with Crippen LogP contribution in [0.25, 0.3) is 0 Å². The molecule has 102 valence electrons. The zero-order valence-corrected chi connectivity index (χ0v) is 11.0. The highest BCUT2D eigenvalue weighted by Crippen LogP contribution is 2.54. The molecule has 1 aromatic carbocycles. The maximum atomic E-state index is 12.4. The quantitative estimate of drug-likeness (QED) is 0.655. The Hall–Kier alpha value is -1.39. The van der Waals surface area contributed by atoms with Crippen molar-refractivity contribution in [1.29, 1.82) is 0 Å². The Morgan fingerprint density at radius 3 is 2.74 bits per heavy atom. The van der Waals surface area contributed by atoms with E-state index in [2.05, 4.69) is 0 Å². The molecule has 4 nitrogen and oxygen atoms in total. The van der Waals surface area contributed by atoms with Crippen LogP contribution in [0.15, 0.2) is 24.3 Å². The second-order valence-electron chi connectivity index (χ2n) is 5.52. The summed E-state index contributed by atoms with van der Waals surface area (Å²) >= 11 is 0. The molecule has 0 aromatic heterocycles. The summed E-state index contributed by atoms with van der Waals surface area (Å²) in [7, 11) is 0. The zero-order valence-electron chi connectivity index (χ0n) is 11.0. The highest BCUT2D eigenvalue weighted by atomic mass is 16.6. The van der Waals surface area contributed by atoms with Gasteiger partial charge in [0.15, 0.2) is 5.79 Å². The van der Waals surface area contributed by atoms with Gasteiger partial charge in [-0.05, 0) is 38.3 Å². The SMILES string of the molecule is Cc1ccc(OC(=O)C23CCCC2(O)OCC3)cc1. The minimum atomic E-state index is -1.32. The van der Waals surface area contributed by atoms with Crippen molar-refractivity contribution in [2.45, 2.75) is 38.4 Å². The summed E-state index contributed by atoms with van der Waals surface area (Å²) in [5.41, 5.74) is 0.234. The molecule has 1 aromatic rings. The van der Waals surface area contributed by atoms with Crippen molar-refractivity contribution in [3.05, 3.63) is 29.8 Å². The molecule has 1 heterocycles. The van der Waals surface area contributed by atoms with Crippen molar-refractivity contribution in [3.8, 4) is 5.75 Å². The Morgan fingerprint density at radius 1 is 1.26 bits per heavy atom. The van der Waals surface area contributed by atoms with Crippen molar-refractivity contribution in [3.63, 3.8) is 0 Å². The number of aryl methyl sites for hydroxylation is 1. The number of benzene rings is 1. The predicted octanol–water partition coefficient (Wildman–Crippen LogP) is 2.18. The van der Waals surface area contributed by atoms with E-state index in [4.69, 9.17) is 9.47 Å². The van der Waals surface area contributed by atoms with Crippen LogP contribution in [0.4, 0.5) is 0 Å². The third-order valence-corrected chi connectivity index (χ3v) is 4.36. The van der Waals surface area contributed by atoms with Crippen molar-refractivity contribution in [2.75, 3.05) is 6.61 Å². The van der Waals surface area contributed by atoms with Crippen molar-refractivity contribution >= 4 is 5.97 Å². The molecule has 1 aliphatic carbocycles. The zero-order chi connectivity index (χ0) is 13.5. The summed E-state index contributed by atoms with van der Waals surface area (Å²) in [4.78, 5) is 12.4. The first-order valence-electron chi connectivity index (χ1n) is 6.71. The fourth-order valence-electron chi connectivity index (χ4n) is 3.16. The average Bonchev–Trinajstić information content (AvgIpc) is 2.86. The van der Waals surface area contributed by atoms with Gasteiger partial charge in [-0.15, -0.1) is 0 Å². The minimum absolute atomic E-state index is 0.367. The Morgan fingerprint density at radius 2 is 2.00 bits per heavy atom. The molecule has 0 bridgehead atoms. The van der Waals surface area contributed by atoms with Crippen LogP contribution in [0.1, 0.15) is 31.2 Å². The van der Waals surface area contributed by atoms with Crippen LogP contribution in [-0.2, 0) is 9.53 Å². The molecule has 4 heteroatoms. The van der Waals surface area contributed by atoms with E-state index in [0.717, 1.165) is 12.0 Å². The molecule has 2 atom stereocenters. The lowest BCUT2D eigenvalue weighted by Gasteiger charge is -2.32. The molecule has 2 fully saturated rings. The normalized spacial score (nSPS) is 33.2. The van der Waals surface area contributed by atoms with E-state index in [-0.39, 0.29) is 5.97 Å². The first-order chi connectivity index (χ1) is 9.06. The van der Waals surface area contributed by atoms with E-state index < -0.39 is 11.2 Å². The maximum absolute atomic E-state index is 12.4. The van der Waals surface area contributed by atoms with Gasteiger partial charge in [-0.25, -0.2) is 0 Å². The van der Waals surface area contributed by atoms with Gasteiger partial charge in [0.05, 0.1) is 6.61 Å². The summed E-state index contributed by atoms with van der Waals surface area (Å²) in [6, 6.07) is 7.33. The maximum Gasteiger partial charge on any atom is 0.323 e. The van der Waals surface area contributed by atoms with Crippen LogP contribution >= 0.6 is 0 Å². The van der Waals surface area contributed by atoms with Crippen LogP contribution in [0.2, 0.25) is 0 Å². The van der Waals surface area contributed by atoms with E-state index in [1.54, 1.807) is 12.1 Å². The molecule has 19 heavy (non-hydrogen) atoms. The fraction of sp³-hybridized carbons (Fsp3) is 0.533. The molecule has 2 aliphatic rings. The molecule has 2 unspecified atom stereocenters. The van der Waals surface area contributed by atoms with Crippen LogP contribution < -0.4 is 4.74 Å². The highest BCUT2D eigenvalue weighted by Gasteiger charge is 2.64. The van der Waals surface area contributed by atoms with Crippen molar-refractivity contribution in [1.82, 2.24) is 0 Å². The summed E-state index contributed by atoms with van der Waals surface area (Å²) in [6.45, 7) is 2.39. The van der Waals surface area contributed by atoms with Gasteiger partial charge >= 0.3 is 5.97 Å². The number of hydrogen-bond donors (Lipinski definition) is 1. The molecule has 0 spiro atoms. The molecular formula is C15H18O4. The third kappa shape index (κ3) is 1.86. The van der Waals surface area contributed by atoms with Crippen LogP contribution in [-0.4, -0.2) is 23.5 Å². The second kappa shape index (κ2) is 4.32. The van der Waals surface area contributed by atoms with Gasteiger partial charge in [-0.3, -0.25) is 4.79 Å². The largest absolute Gasteiger partial charge is 0.426 e. The van der Waals surface area contributed by atoms with Gasteiger partial charge in [0.2, 0.25) is 0 Å². The molecule has 1 saturated heterocycles. The minimum Gasteiger partial charge on any atom is -0.426 e. The van der Waals surface area contributed by atoms with Gasteiger partial charge in [0, 0.05) is 6.42 Å². The third-order valence-electron chi connectivity index (χ3n) is 4.36. The average molecular weight is 262 g/mol. The number of hydrogen-bond acceptors (Lipinski definition) is 4. The van der Waals surface area contributed by atoms with E-state index in [1.807, 2.05) is 19.1 Å². The monoisotopic (exact) mass is 262 g/mol. The van der Waals surface area contributed by atoms with E-state index in [0.29, 0.717) is 31.6 Å². The topological polar surface area (TPSA) is 55.8 Å². The standard InChI is InChI=1S/C15H18O4/c1-11-3-5-12(6-4-11)19-13(16)14-7-2-8-15(14,17)18-10-9-14/h3-6,17H,2,7-10H2,1H3.